The van der Waals surface area contributed by atoms with E-state index in [1.54, 1.807) is 0 Å². The molecule has 0 heterocycles. The molecule has 0 radical (unpaired) electrons. The minimum Gasteiger partial charge on any atom is -0.277 e. The van der Waals surface area contributed by atoms with Crippen LogP contribution < -0.4 is 16.6 Å². The summed E-state index contributed by atoms with van der Waals surface area (Å²) in [5.41, 5.74) is 2.53. The van der Waals surface area contributed by atoms with E-state index in [1.165, 1.54) is 0 Å². The number of guanidine groups is 1. The molecule has 0 unspecified atom stereocenters. The topological polar surface area (TPSA) is 53.1 Å². The molecular formula is C5H15N4+. The Labute approximate surface area is 55.7 Å². The average Bonchev–Trinajstić information content (AvgIpc) is 1.82. The highest BCUT2D eigenvalue weighted by atomic mass is 15.4. The van der Waals surface area contributed by atoms with Gasteiger partial charge in [0.1, 0.15) is 0 Å². The van der Waals surface area contributed by atoms with Gasteiger partial charge in [-0.1, -0.05) is 0 Å². The first-order chi connectivity index (χ1) is 4.22. The third kappa shape index (κ3) is 2.92. The molecule has 0 saturated carbocycles. The highest BCUT2D eigenvalue weighted by Crippen LogP contribution is 1.59. The van der Waals surface area contributed by atoms with Gasteiger partial charge in [-0.2, -0.15) is 5.84 Å². The Hall–Kier alpha value is -0.770. The second-order valence-electron chi connectivity index (χ2n) is 1.92. The summed E-state index contributed by atoms with van der Waals surface area (Å²) in [4.78, 5) is 0. The number of nitrogens with zero attached hydrogens (tertiary/aromatic N) is 1. The molecule has 0 aromatic rings. The zero-order valence-electron chi connectivity index (χ0n) is 6.23. The van der Waals surface area contributed by atoms with Gasteiger partial charge in [-0.15, -0.1) is 0 Å². The normalized spacial score (nSPS) is 8.44. The van der Waals surface area contributed by atoms with Crippen molar-refractivity contribution < 1.29 is 4.58 Å². The second-order valence-corrected chi connectivity index (χ2v) is 1.92. The standard InChI is InChI=1S/C5H14N4/c1-4-7-5(8-6)9(2)3/h4,6H2,1-3H3,(H,7,8)/p+1. The van der Waals surface area contributed by atoms with E-state index in [4.69, 9.17) is 5.84 Å². The van der Waals surface area contributed by atoms with E-state index in [1.807, 2.05) is 25.6 Å². The van der Waals surface area contributed by atoms with Crippen LogP contribution in [-0.2, 0) is 0 Å². The molecule has 0 bridgehead atoms. The molecule has 0 aliphatic rings. The summed E-state index contributed by atoms with van der Waals surface area (Å²) >= 11 is 0. The van der Waals surface area contributed by atoms with Gasteiger partial charge >= 0.3 is 5.96 Å². The molecule has 4 N–H and O–H groups in total. The Morgan fingerprint density at radius 3 is 2.22 bits per heavy atom. The van der Waals surface area contributed by atoms with Crippen molar-refractivity contribution in [2.45, 2.75) is 6.92 Å². The molecule has 0 amide bonds. The van der Waals surface area contributed by atoms with Gasteiger partial charge in [0.15, 0.2) is 0 Å². The first-order valence-electron chi connectivity index (χ1n) is 2.97. The van der Waals surface area contributed by atoms with E-state index >= 15 is 0 Å². The molecule has 0 aromatic carbocycles. The Morgan fingerprint density at radius 2 is 2.11 bits per heavy atom. The van der Waals surface area contributed by atoms with Gasteiger partial charge in [0.2, 0.25) is 0 Å². The molecular weight excluding hydrogens is 116 g/mol. The maximum atomic E-state index is 5.17. The Morgan fingerprint density at radius 1 is 1.56 bits per heavy atom. The second kappa shape index (κ2) is 4.14. The number of hydrogen-bond acceptors (Lipinski definition) is 1. The molecule has 0 spiro atoms. The average molecular weight is 131 g/mol. The molecule has 0 saturated heterocycles. The third-order valence-electron chi connectivity index (χ3n) is 0.928. The molecule has 4 nitrogen and oxygen atoms in total. The van der Waals surface area contributed by atoms with Crippen molar-refractivity contribution in [1.29, 1.82) is 0 Å². The minimum atomic E-state index is 0.831. The molecule has 0 aliphatic heterocycles. The van der Waals surface area contributed by atoms with Gasteiger partial charge in [0.25, 0.3) is 0 Å². The third-order valence-corrected chi connectivity index (χ3v) is 0.928. The van der Waals surface area contributed by atoms with E-state index in [0.717, 1.165) is 12.5 Å². The van der Waals surface area contributed by atoms with Crippen LogP contribution in [0.5, 0.6) is 0 Å². The van der Waals surface area contributed by atoms with Crippen LogP contribution in [0.1, 0.15) is 6.92 Å². The first kappa shape index (κ1) is 8.23. The maximum absolute atomic E-state index is 5.17. The van der Waals surface area contributed by atoms with Crippen LogP contribution in [0.4, 0.5) is 0 Å². The fourth-order valence-corrected chi connectivity index (χ4v) is 0.506. The van der Waals surface area contributed by atoms with E-state index in [0.29, 0.717) is 0 Å². The van der Waals surface area contributed by atoms with Crippen molar-refractivity contribution in [3.63, 3.8) is 0 Å². The van der Waals surface area contributed by atoms with Crippen molar-refractivity contribution in [2.75, 3.05) is 20.6 Å². The van der Waals surface area contributed by atoms with Crippen molar-refractivity contribution in [2.24, 2.45) is 5.84 Å². The molecule has 4 heteroatoms. The summed E-state index contributed by atoms with van der Waals surface area (Å²) in [6.07, 6.45) is 0. The van der Waals surface area contributed by atoms with Gasteiger partial charge in [-0.05, 0) is 6.92 Å². The summed E-state index contributed by atoms with van der Waals surface area (Å²) < 4.78 is 1.88. The van der Waals surface area contributed by atoms with Crippen LogP contribution >= 0.6 is 0 Å². The van der Waals surface area contributed by atoms with Crippen LogP contribution in [0, 0.1) is 0 Å². The highest BCUT2D eigenvalue weighted by Gasteiger charge is 1.99. The number of rotatable bonds is 1. The van der Waals surface area contributed by atoms with Crippen molar-refractivity contribution >= 4 is 5.96 Å². The monoisotopic (exact) mass is 131 g/mol. The summed E-state index contributed by atoms with van der Waals surface area (Å²) in [5.74, 6) is 6.00. The number of hydrazine groups is 1. The van der Waals surface area contributed by atoms with Crippen LogP contribution in [0.15, 0.2) is 0 Å². The van der Waals surface area contributed by atoms with Crippen LogP contribution in [0.25, 0.3) is 0 Å². The van der Waals surface area contributed by atoms with Crippen LogP contribution in [0.2, 0.25) is 0 Å². The van der Waals surface area contributed by atoms with Gasteiger partial charge in [-0.3, -0.25) is 9.89 Å². The SMILES string of the molecule is CCNC(NN)=[N+](C)C. The summed E-state index contributed by atoms with van der Waals surface area (Å²) in [6.45, 7) is 2.89. The molecule has 0 atom stereocenters. The van der Waals surface area contributed by atoms with E-state index in [-0.39, 0.29) is 0 Å². The van der Waals surface area contributed by atoms with Gasteiger partial charge in [0, 0.05) is 0 Å². The lowest BCUT2D eigenvalue weighted by molar-refractivity contribution is -0.469. The lowest BCUT2D eigenvalue weighted by Gasteiger charge is -2.01. The fourth-order valence-electron chi connectivity index (χ4n) is 0.506. The predicted molar refractivity (Wildman–Crippen MR) is 38.1 cm³/mol. The van der Waals surface area contributed by atoms with Gasteiger partial charge in [0.05, 0.1) is 20.6 Å². The van der Waals surface area contributed by atoms with Crippen molar-refractivity contribution in [1.82, 2.24) is 10.7 Å². The molecule has 0 aliphatic carbocycles. The van der Waals surface area contributed by atoms with Crippen molar-refractivity contribution in [3.05, 3.63) is 0 Å². The van der Waals surface area contributed by atoms with E-state index in [2.05, 4.69) is 10.7 Å². The smallest absolute Gasteiger partial charge is 0.277 e. The van der Waals surface area contributed by atoms with Crippen LogP contribution in [0.3, 0.4) is 0 Å². The zero-order valence-corrected chi connectivity index (χ0v) is 6.23. The Kier molecular flexibility index (Phi) is 3.79. The van der Waals surface area contributed by atoms with E-state index in [9.17, 15) is 0 Å². The molecule has 9 heavy (non-hydrogen) atoms. The minimum absolute atomic E-state index is 0.831. The largest absolute Gasteiger partial charge is 0.362 e. The maximum Gasteiger partial charge on any atom is 0.362 e. The quantitative estimate of drug-likeness (QED) is 0.136. The summed E-state index contributed by atoms with van der Waals surface area (Å²) in [7, 11) is 3.83. The lowest BCUT2D eigenvalue weighted by Crippen LogP contribution is -2.46. The first-order valence-corrected chi connectivity index (χ1v) is 2.97. The lowest BCUT2D eigenvalue weighted by atomic mass is 10.7. The summed E-state index contributed by atoms with van der Waals surface area (Å²) in [5, 5.41) is 3.04. The number of nitrogens with two attached hydrogens (primary N) is 1. The number of hydrogen-bond donors (Lipinski definition) is 3. The highest BCUT2D eigenvalue weighted by molar-refractivity contribution is 5.73. The molecule has 0 rings (SSSR count). The van der Waals surface area contributed by atoms with Crippen molar-refractivity contribution in [3.8, 4) is 0 Å². The Balaban J connectivity index is 3.83. The summed E-state index contributed by atoms with van der Waals surface area (Å²) in [6, 6.07) is 0. The predicted octanol–water partition coefficient (Wildman–Crippen LogP) is -1.31. The number of nitrogens with one attached hydrogen (secondary N) is 2. The molecule has 54 valence electrons. The molecule has 0 aromatic heterocycles. The van der Waals surface area contributed by atoms with E-state index < -0.39 is 0 Å². The van der Waals surface area contributed by atoms with Gasteiger partial charge < -0.3 is 0 Å². The molecule has 0 fully saturated rings. The Bertz CT molecular complexity index is 104. The fraction of sp³-hybridized carbons (Fsp3) is 0.800. The van der Waals surface area contributed by atoms with Crippen LogP contribution in [-0.4, -0.2) is 31.2 Å². The van der Waals surface area contributed by atoms with Gasteiger partial charge in [-0.25, -0.2) is 5.43 Å². The zero-order chi connectivity index (χ0) is 7.28.